The lowest BCUT2D eigenvalue weighted by Gasteiger charge is -2.13. The molecule has 3 rings (SSSR count). The van der Waals surface area contributed by atoms with E-state index in [9.17, 15) is 19.2 Å². The number of aromatic nitrogens is 4. The van der Waals surface area contributed by atoms with Crippen LogP contribution in [0.2, 0.25) is 0 Å². The number of aryl methyl sites for hydroxylation is 1. The maximum absolute atomic E-state index is 14.0. The fourth-order valence-corrected chi connectivity index (χ4v) is 3.01. The van der Waals surface area contributed by atoms with E-state index in [1.165, 1.54) is 30.0 Å². The average molecular weight is 453 g/mol. The van der Waals surface area contributed by atoms with Crippen molar-refractivity contribution in [3.05, 3.63) is 69.1 Å². The number of carbonyl (C=O) groups excluding carboxylic acids is 1. The van der Waals surface area contributed by atoms with E-state index in [1.54, 1.807) is 6.07 Å². The second-order valence-electron chi connectivity index (χ2n) is 6.83. The number of benzene rings is 1. The van der Waals surface area contributed by atoms with E-state index in [1.807, 2.05) is 0 Å². The zero-order valence-electron chi connectivity index (χ0n) is 17.6. The average Bonchev–Trinajstić information content (AvgIpc) is 2.78. The SMILES string of the molecule is COCCCn1cc(C(=O)c2cc(F)ccc2OCc2nc(N)nc(N)n2)cc(C#N)c1=O. The zero-order chi connectivity index (χ0) is 24.0. The summed E-state index contributed by atoms with van der Waals surface area (Å²) in [5.41, 5.74) is 10.2. The van der Waals surface area contributed by atoms with E-state index in [0.717, 1.165) is 12.1 Å². The maximum Gasteiger partial charge on any atom is 0.268 e. The minimum Gasteiger partial charge on any atom is -0.485 e. The normalized spacial score (nSPS) is 10.6. The van der Waals surface area contributed by atoms with Gasteiger partial charge in [0.15, 0.2) is 11.6 Å². The quantitative estimate of drug-likeness (QED) is 0.352. The number of nitrogens with zero attached hydrogens (tertiary/aromatic N) is 5. The highest BCUT2D eigenvalue weighted by atomic mass is 19.1. The molecule has 0 aliphatic heterocycles. The molecular formula is C21H20FN7O4. The number of ether oxygens (including phenoxy) is 2. The topological polar surface area (TPSA) is 172 Å². The molecule has 4 N–H and O–H groups in total. The summed E-state index contributed by atoms with van der Waals surface area (Å²) in [6, 6.07) is 6.35. The minimum atomic E-state index is -0.673. The zero-order valence-corrected chi connectivity index (χ0v) is 17.6. The van der Waals surface area contributed by atoms with Gasteiger partial charge in [-0.3, -0.25) is 9.59 Å². The summed E-state index contributed by atoms with van der Waals surface area (Å²) in [5, 5.41) is 9.32. The molecule has 0 unspecified atom stereocenters. The highest BCUT2D eigenvalue weighted by molar-refractivity contribution is 6.10. The smallest absolute Gasteiger partial charge is 0.268 e. The Balaban J connectivity index is 1.95. The van der Waals surface area contributed by atoms with Crippen molar-refractivity contribution in [1.29, 1.82) is 5.26 Å². The summed E-state index contributed by atoms with van der Waals surface area (Å²) in [6.45, 7) is 0.403. The molecule has 0 atom stereocenters. The number of rotatable bonds is 9. The van der Waals surface area contributed by atoms with Gasteiger partial charge in [0.05, 0.1) is 5.56 Å². The number of nitriles is 1. The lowest BCUT2D eigenvalue weighted by molar-refractivity contribution is 0.103. The number of nitrogen functional groups attached to an aromatic ring is 2. The highest BCUT2D eigenvalue weighted by Crippen LogP contribution is 2.24. The molecule has 1 aromatic carbocycles. The first-order chi connectivity index (χ1) is 15.8. The van der Waals surface area contributed by atoms with Crippen LogP contribution in [0.5, 0.6) is 5.75 Å². The molecule has 2 heterocycles. The summed E-state index contributed by atoms with van der Waals surface area (Å²) >= 11 is 0. The molecule has 0 fully saturated rings. The molecule has 2 aromatic heterocycles. The molecule has 0 saturated heterocycles. The lowest BCUT2D eigenvalue weighted by atomic mass is 10.0. The van der Waals surface area contributed by atoms with E-state index >= 15 is 0 Å². The van der Waals surface area contributed by atoms with Gasteiger partial charge in [-0.25, -0.2) is 4.39 Å². The molecule has 0 spiro atoms. The van der Waals surface area contributed by atoms with Gasteiger partial charge in [0.25, 0.3) is 5.56 Å². The first-order valence-corrected chi connectivity index (χ1v) is 9.69. The first kappa shape index (κ1) is 23.3. The fraction of sp³-hybridized carbons (Fsp3) is 0.238. The Hall–Kier alpha value is -4.37. The van der Waals surface area contributed by atoms with Crippen LogP contribution < -0.4 is 21.8 Å². The van der Waals surface area contributed by atoms with Gasteiger partial charge in [-0.05, 0) is 30.7 Å². The van der Waals surface area contributed by atoms with E-state index in [2.05, 4.69) is 15.0 Å². The summed E-state index contributed by atoms with van der Waals surface area (Å²) < 4.78 is 25.8. The molecule has 0 bridgehead atoms. The summed E-state index contributed by atoms with van der Waals surface area (Å²) in [7, 11) is 1.52. The highest BCUT2D eigenvalue weighted by Gasteiger charge is 2.19. The molecule has 3 aromatic rings. The molecular weight excluding hydrogens is 433 g/mol. The van der Waals surface area contributed by atoms with Gasteiger partial charge in [0.2, 0.25) is 11.9 Å². The number of nitrogens with two attached hydrogens (primary N) is 2. The van der Waals surface area contributed by atoms with E-state index in [4.69, 9.17) is 20.9 Å². The Kier molecular flexibility index (Phi) is 7.27. The number of carbonyl (C=O) groups is 1. The molecule has 33 heavy (non-hydrogen) atoms. The van der Waals surface area contributed by atoms with Crippen LogP contribution in [-0.2, 0) is 17.9 Å². The number of halogens is 1. The van der Waals surface area contributed by atoms with Crippen molar-refractivity contribution in [1.82, 2.24) is 19.5 Å². The van der Waals surface area contributed by atoms with E-state index < -0.39 is 17.2 Å². The van der Waals surface area contributed by atoms with Gasteiger partial charge in [-0.1, -0.05) is 0 Å². The number of hydrogen-bond acceptors (Lipinski definition) is 10. The fourth-order valence-electron chi connectivity index (χ4n) is 3.01. The molecule has 0 saturated carbocycles. The van der Waals surface area contributed by atoms with Crippen molar-refractivity contribution in [3.63, 3.8) is 0 Å². The largest absolute Gasteiger partial charge is 0.485 e. The van der Waals surface area contributed by atoms with Crippen molar-refractivity contribution in [3.8, 4) is 11.8 Å². The molecule has 170 valence electrons. The second kappa shape index (κ2) is 10.3. The van der Waals surface area contributed by atoms with Crippen LogP contribution in [0.1, 0.15) is 33.7 Å². The number of pyridine rings is 1. The lowest BCUT2D eigenvalue weighted by Crippen LogP contribution is -2.24. The Labute approximate surface area is 187 Å². The maximum atomic E-state index is 14.0. The number of ketones is 1. The molecule has 11 nitrogen and oxygen atoms in total. The summed E-state index contributed by atoms with van der Waals surface area (Å²) in [6.07, 6.45) is 1.81. The second-order valence-corrected chi connectivity index (χ2v) is 6.83. The Morgan fingerprint density at radius 2 is 1.94 bits per heavy atom. The van der Waals surface area contributed by atoms with Gasteiger partial charge >= 0.3 is 0 Å². The van der Waals surface area contributed by atoms with Gasteiger partial charge in [-0.15, -0.1) is 0 Å². The third-order valence-corrected chi connectivity index (χ3v) is 4.48. The van der Waals surface area contributed by atoms with E-state index in [0.29, 0.717) is 13.0 Å². The molecule has 12 heteroatoms. The van der Waals surface area contributed by atoms with E-state index in [-0.39, 0.29) is 53.3 Å². The minimum absolute atomic E-state index is 0.0210. The van der Waals surface area contributed by atoms with Crippen molar-refractivity contribution < 1.29 is 18.7 Å². The number of methoxy groups -OCH3 is 1. The van der Waals surface area contributed by atoms with Gasteiger partial charge in [-0.2, -0.15) is 20.2 Å². The van der Waals surface area contributed by atoms with Crippen molar-refractivity contribution in [2.75, 3.05) is 25.2 Å². The van der Waals surface area contributed by atoms with Crippen LogP contribution in [0.4, 0.5) is 16.3 Å². The first-order valence-electron chi connectivity index (χ1n) is 9.69. The number of hydrogen-bond donors (Lipinski definition) is 2. The summed E-state index contributed by atoms with van der Waals surface area (Å²) in [5.74, 6) is -1.37. The Morgan fingerprint density at radius 1 is 1.21 bits per heavy atom. The van der Waals surface area contributed by atoms with Gasteiger partial charge < -0.3 is 25.5 Å². The van der Waals surface area contributed by atoms with Crippen LogP contribution in [0.3, 0.4) is 0 Å². The Morgan fingerprint density at radius 3 is 2.61 bits per heavy atom. The van der Waals surface area contributed by atoms with Gasteiger partial charge in [0, 0.05) is 32.0 Å². The van der Waals surface area contributed by atoms with Crippen molar-refractivity contribution in [2.45, 2.75) is 19.6 Å². The van der Waals surface area contributed by atoms with Crippen LogP contribution in [-0.4, -0.2) is 39.0 Å². The third kappa shape index (κ3) is 5.66. The number of anilines is 2. The predicted molar refractivity (Wildman–Crippen MR) is 115 cm³/mol. The standard InChI is InChI=1S/C21H20FN7O4/c1-32-6-2-5-29-10-13(7-12(9-23)19(29)31)18(30)15-8-14(22)3-4-16(15)33-11-17-26-20(24)28-21(25)27-17/h3-4,7-8,10H,2,5-6,11H2,1H3,(H4,24,25,26,27,28). The van der Waals surface area contributed by atoms with Gasteiger partial charge in [0.1, 0.15) is 29.8 Å². The molecule has 0 aliphatic rings. The molecule has 0 radical (unpaired) electrons. The van der Waals surface area contributed by atoms with Crippen LogP contribution in [0, 0.1) is 17.1 Å². The summed E-state index contributed by atoms with van der Waals surface area (Å²) in [4.78, 5) is 37.1. The third-order valence-electron chi connectivity index (χ3n) is 4.48. The predicted octanol–water partition coefficient (Wildman–Crippen LogP) is 1.05. The Bertz CT molecular complexity index is 1270. The molecule has 0 aliphatic carbocycles. The van der Waals surface area contributed by atoms with Crippen LogP contribution >= 0.6 is 0 Å². The molecule has 0 amide bonds. The van der Waals surface area contributed by atoms with Crippen molar-refractivity contribution >= 4 is 17.7 Å². The van der Waals surface area contributed by atoms with Crippen LogP contribution in [0.15, 0.2) is 35.3 Å². The monoisotopic (exact) mass is 453 g/mol. The van der Waals surface area contributed by atoms with Crippen molar-refractivity contribution in [2.24, 2.45) is 0 Å². The van der Waals surface area contributed by atoms with Crippen LogP contribution in [0.25, 0.3) is 0 Å².